The second kappa shape index (κ2) is 7.05. The van der Waals surface area contributed by atoms with Gasteiger partial charge in [0.15, 0.2) is 5.16 Å². The van der Waals surface area contributed by atoms with Crippen molar-refractivity contribution in [2.45, 2.75) is 57.1 Å². The molecule has 1 amide bonds. The summed E-state index contributed by atoms with van der Waals surface area (Å²) in [7, 11) is 1.71. The number of aromatic nitrogens is 2. The summed E-state index contributed by atoms with van der Waals surface area (Å²) in [6.07, 6.45) is 0. The molecule has 2 heterocycles. The maximum atomic E-state index is 12.7. The van der Waals surface area contributed by atoms with Crippen LogP contribution in [-0.2, 0) is 11.8 Å². The molecule has 0 unspecified atom stereocenters. The van der Waals surface area contributed by atoms with Gasteiger partial charge in [-0.3, -0.25) is 14.2 Å². The molecule has 5 nitrogen and oxygen atoms in total. The number of rotatable bonds is 5. The molecule has 0 aliphatic heterocycles. The van der Waals surface area contributed by atoms with Gasteiger partial charge in [0.1, 0.15) is 4.70 Å². The van der Waals surface area contributed by atoms with Crippen LogP contribution in [0.2, 0.25) is 0 Å². The molecule has 1 atom stereocenters. The van der Waals surface area contributed by atoms with Crippen molar-refractivity contribution in [2.75, 3.05) is 0 Å². The lowest BCUT2D eigenvalue weighted by atomic mass is 10.2. The number of hydrogen-bond donors (Lipinski definition) is 0. The fourth-order valence-corrected chi connectivity index (χ4v) is 4.33. The van der Waals surface area contributed by atoms with Crippen molar-refractivity contribution in [3.05, 3.63) is 21.8 Å². The van der Waals surface area contributed by atoms with Crippen molar-refractivity contribution in [2.24, 2.45) is 7.05 Å². The zero-order valence-electron chi connectivity index (χ0n) is 14.4. The molecule has 23 heavy (non-hydrogen) atoms. The highest BCUT2D eigenvalue weighted by atomic mass is 32.2. The molecule has 0 bridgehead atoms. The molecule has 0 aliphatic carbocycles. The molecular formula is C16H23N3O2S2. The van der Waals surface area contributed by atoms with E-state index in [2.05, 4.69) is 4.98 Å². The van der Waals surface area contributed by atoms with Crippen molar-refractivity contribution in [1.82, 2.24) is 14.5 Å². The quantitative estimate of drug-likeness (QED) is 0.612. The van der Waals surface area contributed by atoms with Crippen LogP contribution in [0, 0.1) is 0 Å². The van der Waals surface area contributed by atoms with Crippen LogP contribution >= 0.6 is 23.1 Å². The summed E-state index contributed by atoms with van der Waals surface area (Å²) in [4.78, 5) is 31.5. The fraction of sp³-hybridized carbons (Fsp3) is 0.562. The molecule has 2 rings (SSSR count). The van der Waals surface area contributed by atoms with Crippen LogP contribution in [0.5, 0.6) is 0 Å². The topological polar surface area (TPSA) is 55.2 Å². The van der Waals surface area contributed by atoms with Gasteiger partial charge in [-0.25, -0.2) is 4.98 Å². The predicted molar refractivity (Wildman–Crippen MR) is 97.3 cm³/mol. The summed E-state index contributed by atoms with van der Waals surface area (Å²) < 4.78 is 2.18. The molecule has 0 fully saturated rings. The smallest absolute Gasteiger partial charge is 0.271 e. The zero-order valence-corrected chi connectivity index (χ0v) is 16.0. The van der Waals surface area contributed by atoms with Gasteiger partial charge in [0.05, 0.1) is 10.8 Å². The maximum Gasteiger partial charge on any atom is 0.271 e. The molecular weight excluding hydrogens is 330 g/mol. The van der Waals surface area contributed by atoms with Gasteiger partial charge in [-0.15, -0.1) is 11.3 Å². The summed E-state index contributed by atoms with van der Waals surface area (Å²) in [5, 5.41) is 2.14. The molecule has 0 N–H and O–H groups in total. The molecule has 0 radical (unpaired) electrons. The van der Waals surface area contributed by atoms with E-state index < -0.39 is 0 Å². The van der Waals surface area contributed by atoms with E-state index in [1.165, 1.54) is 27.7 Å². The maximum absolute atomic E-state index is 12.7. The third-order valence-corrected chi connectivity index (χ3v) is 5.67. The highest BCUT2D eigenvalue weighted by Gasteiger charge is 2.27. The zero-order chi connectivity index (χ0) is 17.3. The largest absolute Gasteiger partial charge is 0.337 e. The summed E-state index contributed by atoms with van der Waals surface area (Å²) in [5.41, 5.74) is 0.640. The van der Waals surface area contributed by atoms with Gasteiger partial charge in [0.2, 0.25) is 5.91 Å². The Labute approximate surface area is 144 Å². The van der Waals surface area contributed by atoms with Crippen LogP contribution in [0.25, 0.3) is 10.2 Å². The number of thiophene rings is 1. The number of thioether (sulfide) groups is 1. The van der Waals surface area contributed by atoms with Crippen LogP contribution in [0.15, 0.2) is 21.4 Å². The van der Waals surface area contributed by atoms with Crippen molar-refractivity contribution >= 4 is 39.2 Å². The minimum atomic E-state index is -0.297. The monoisotopic (exact) mass is 353 g/mol. The van der Waals surface area contributed by atoms with E-state index >= 15 is 0 Å². The first-order chi connectivity index (χ1) is 10.7. The fourth-order valence-electron chi connectivity index (χ4n) is 2.60. The lowest BCUT2D eigenvalue weighted by Crippen LogP contribution is -2.45. The van der Waals surface area contributed by atoms with Crippen molar-refractivity contribution < 1.29 is 4.79 Å². The molecule has 2 aromatic heterocycles. The van der Waals surface area contributed by atoms with Crippen molar-refractivity contribution in [1.29, 1.82) is 0 Å². The number of hydrogen-bond acceptors (Lipinski definition) is 5. The Hall–Kier alpha value is -1.34. The third kappa shape index (κ3) is 3.61. The van der Waals surface area contributed by atoms with Crippen LogP contribution in [-0.4, -0.2) is 37.7 Å². The standard InChI is InChI=1S/C16H23N3O2S2/c1-9(2)19(10(3)4)14(20)11(5)23-16-17-12-7-8-22-13(12)15(21)18(16)6/h7-11H,1-6H3/t11-/m0/s1. The van der Waals surface area contributed by atoms with Crippen LogP contribution < -0.4 is 5.56 Å². The van der Waals surface area contributed by atoms with Crippen molar-refractivity contribution in [3.63, 3.8) is 0 Å². The van der Waals surface area contributed by atoms with Gasteiger partial charge in [0.25, 0.3) is 5.56 Å². The van der Waals surface area contributed by atoms with Gasteiger partial charge in [-0.1, -0.05) is 11.8 Å². The molecule has 0 saturated carbocycles. The van der Waals surface area contributed by atoms with Gasteiger partial charge in [0, 0.05) is 19.1 Å². The molecule has 2 aromatic rings. The number of nitrogens with zero attached hydrogens (tertiary/aromatic N) is 3. The van der Waals surface area contributed by atoms with E-state index in [1.807, 2.05) is 51.0 Å². The molecule has 0 saturated heterocycles. The average Bonchev–Trinajstić information content (AvgIpc) is 2.91. The van der Waals surface area contributed by atoms with Crippen LogP contribution in [0.4, 0.5) is 0 Å². The van der Waals surface area contributed by atoms with Crippen molar-refractivity contribution in [3.8, 4) is 0 Å². The first kappa shape index (κ1) is 18.0. The van der Waals surface area contributed by atoms with Gasteiger partial charge >= 0.3 is 0 Å². The Balaban J connectivity index is 2.29. The molecule has 126 valence electrons. The van der Waals surface area contributed by atoms with E-state index in [0.29, 0.717) is 15.4 Å². The minimum Gasteiger partial charge on any atom is -0.337 e. The van der Waals surface area contributed by atoms with Gasteiger partial charge in [-0.2, -0.15) is 0 Å². The molecule has 7 heteroatoms. The third-order valence-electron chi connectivity index (χ3n) is 3.64. The van der Waals surface area contributed by atoms with Crippen LogP contribution in [0.1, 0.15) is 34.6 Å². The lowest BCUT2D eigenvalue weighted by molar-refractivity contribution is -0.133. The number of carbonyl (C=O) groups excluding carboxylic acids is 1. The Bertz CT molecular complexity index is 756. The Morgan fingerprint density at radius 3 is 2.43 bits per heavy atom. The Kier molecular flexibility index (Phi) is 5.52. The van der Waals surface area contributed by atoms with E-state index in [0.717, 1.165) is 0 Å². The van der Waals surface area contributed by atoms with Crippen LogP contribution in [0.3, 0.4) is 0 Å². The number of carbonyl (C=O) groups is 1. The second-order valence-electron chi connectivity index (χ2n) is 6.09. The molecule has 0 spiro atoms. The minimum absolute atomic E-state index is 0.0586. The normalized spacial score (nSPS) is 13.0. The lowest BCUT2D eigenvalue weighted by Gasteiger charge is -2.32. The number of fused-ring (bicyclic) bond motifs is 1. The predicted octanol–water partition coefficient (Wildman–Crippen LogP) is 3.12. The van der Waals surface area contributed by atoms with E-state index in [1.54, 1.807) is 7.05 Å². The first-order valence-electron chi connectivity index (χ1n) is 7.67. The molecule has 0 aromatic carbocycles. The van der Waals surface area contributed by atoms with E-state index in [-0.39, 0.29) is 28.8 Å². The van der Waals surface area contributed by atoms with Gasteiger partial charge in [-0.05, 0) is 46.1 Å². The highest BCUT2D eigenvalue weighted by Crippen LogP contribution is 2.25. The SMILES string of the molecule is CC(C)N(C(=O)[C@H](C)Sc1nc2ccsc2c(=O)n1C)C(C)C. The average molecular weight is 354 g/mol. The first-order valence-corrected chi connectivity index (χ1v) is 9.43. The Morgan fingerprint density at radius 2 is 1.87 bits per heavy atom. The van der Waals surface area contributed by atoms with Gasteiger partial charge < -0.3 is 4.90 Å². The van der Waals surface area contributed by atoms with E-state index in [9.17, 15) is 9.59 Å². The summed E-state index contributed by atoms with van der Waals surface area (Å²) in [6.45, 7) is 9.93. The van der Waals surface area contributed by atoms with E-state index in [4.69, 9.17) is 0 Å². The highest BCUT2D eigenvalue weighted by molar-refractivity contribution is 8.00. The summed E-state index contributed by atoms with van der Waals surface area (Å²) in [5.74, 6) is 0.0691. The number of amides is 1. The summed E-state index contributed by atoms with van der Waals surface area (Å²) >= 11 is 2.73. The molecule has 0 aliphatic rings. The summed E-state index contributed by atoms with van der Waals surface area (Å²) in [6, 6.07) is 2.12. The second-order valence-corrected chi connectivity index (χ2v) is 8.31. The Morgan fingerprint density at radius 1 is 1.26 bits per heavy atom.